The Balaban J connectivity index is 0.00000410. The Morgan fingerprint density at radius 3 is 1.61 bits per heavy atom. The van der Waals surface area contributed by atoms with E-state index in [0.717, 1.165) is 30.3 Å². The standard InChI is InChI=1S/C34H25N9O13S3.K.Na/c35-31-30-18(15-28(58(51,52)53)32(31)40-37-20-5-9-23(10-6-20)43(47)48)16-29(59(54,55)56)33(34(30)46)41-38-21-7-12-25(13-8-21)57(49,50)42-22-3-1-19(2-4-22)36-39-26-14-11-24(44)17-27(26)45;;/h1-17,42,44-46H,35H2,(H,51,52,53)(H,54,55,56);;. The first kappa shape index (κ1) is 48.8. The number of nitrogens with two attached hydrogens (primary N) is 1. The number of nitro groups is 1. The number of benzene rings is 6. The number of nitro benzene ring substituents is 1. The number of fused-ring (bicyclic) bond motifs is 1. The molecule has 0 bridgehead atoms. The topological polar surface area (TPSA) is 359 Å². The number of nitrogen functional groups attached to an aromatic ring is 1. The number of phenolic OH excluding ortho intramolecular Hbond substituents is 3. The van der Waals surface area contributed by atoms with E-state index < -0.39 is 78.6 Å². The van der Waals surface area contributed by atoms with Gasteiger partial charge in [0.25, 0.3) is 35.9 Å². The van der Waals surface area contributed by atoms with E-state index in [1.807, 2.05) is 0 Å². The minimum absolute atomic E-state index is 0. The van der Waals surface area contributed by atoms with E-state index in [1.165, 1.54) is 60.7 Å². The first-order valence-corrected chi connectivity index (χ1v) is 20.4. The summed E-state index contributed by atoms with van der Waals surface area (Å²) in [6.45, 7) is 0. The van der Waals surface area contributed by atoms with Crippen LogP contribution in [0.2, 0.25) is 0 Å². The van der Waals surface area contributed by atoms with E-state index in [1.54, 1.807) is 0 Å². The summed E-state index contributed by atoms with van der Waals surface area (Å²) in [7, 11) is -14.6. The monoisotopic (exact) mass is 925 g/mol. The molecular formula is C34H25KN9NaO13S3. The molecule has 0 aliphatic rings. The minimum Gasteiger partial charge on any atom is -0.508 e. The molecule has 0 aliphatic heterocycles. The van der Waals surface area contributed by atoms with Crippen molar-refractivity contribution in [1.82, 2.24) is 0 Å². The zero-order valence-electron chi connectivity index (χ0n) is 31.2. The van der Waals surface area contributed by atoms with Crippen LogP contribution in [0.15, 0.2) is 149 Å². The van der Waals surface area contributed by atoms with Gasteiger partial charge in [-0.1, -0.05) is 0 Å². The molecule has 0 atom stereocenters. The van der Waals surface area contributed by atoms with Gasteiger partial charge in [0.2, 0.25) is 0 Å². The Bertz CT molecular complexity index is 3110. The van der Waals surface area contributed by atoms with Crippen LogP contribution in [0, 0.1) is 10.1 Å². The fourth-order valence-corrected chi connectivity index (χ4v) is 7.56. The van der Waals surface area contributed by atoms with E-state index in [9.17, 15) is 59.8 Å². The van der Waals surface area contributed by atoms with Crippen molar-refractivity contribution in [2.75, 3.05) is 10.5 Å². The molecule has 0 spiro atoms. The zero-order valence-corrected chi connectivity index (χ0v) is 38.8. The van der Waals surface area contributed by atoms with Crippen molar-refractivity contribution < 1.29 is 54.6 Å². The number of sulfonamides is 1. The van der Waals surface area contributed by atoms with Crippen LogP contribution in [0.1, 0.15) is 0 Å². The summed E-state index contributed by atoms with van der Waals surface area (Å²) >= 11 is 0. The van der Waals surface area contributed by atoms with Crippen molar-refractivity contribution in [3.8, 4) is 17.2 Å². The van der Waals surface area contributed by atoms with Gasteiger partial charge in [0, 0.05) is 105 Å². The average Bonchev–Trinajstić information content (AvgIpc) is 3.16. The Hall–Kier alpha value is -4.81. The minimum atomic E-state index is -5.23. The van der Waals surface area contributed by atoms with Crippen LogP contribution in [0.25, 0.3) is 10.8 Å². The molecule has 0 aromatic heterocycles. The molecule has 22 nitrogen and oxygen atoms in total. The maximum absolute atomic E-state index is 13.1. The zero-order chi connectivity index (χ0) is 42.9. The van der Waals surface area contributed by atoms with Gasteiger partial charge < -0.3 is 21.1 Å². The summed E-state index contributed by atoms with van der Waals surface area (Å²) in [6.07, 6.45) is 0. The van der Waals surface area contributed by atoms with Crippen molar-refractivity contribution in [1.29, 1.82) is 0 Å². The number of aromatic hydroxyl groups is 3. The molecular weight excluding hydrogens is 901 g/mol. The van der Waals surface area contributed by atoms with Crippen molar-refractivity contribution >= 4 is 173 Å². The van der Waals surface area contributed by atoms with E-state index in [4.69, 9.17) is 5.73 Å². The van der Waals surface area contributed by atoms with Gasteiger partial charge in [0.15, 0.2) is 5.75 Å². The number of non-ortho nitro benzene ring substituents is 1. The third kappa shape index (κ3) is 11.6. The normalized spacial score (nSPS) is 12.1. The molecule has 2 radical (unpaired) electrons. The van der Waals surface area contributed by atoms with Gasteiger partial charge in [-0.2, -0.15) is 32.2 Å². The first-order chi connectivity index (χ1) is 27.7. The van der Waals surface area contributed by atoms with E-state index >= 15 is 0 Å². The summed E-state index contributed by atoms with van der Waals surface area (Å²) in [5.41, 5.74) is 4.07. The van der Waals surface area contributed by atoms with Gasteiger partial charge in [0.1, 0.15) is 38.4 Å². The molecule has 6 aromatic carbocycles. The largest absolute Gasteiger partial charge is 0.508 e. The molecule has 304 valence electrons. The maximum atomic E-state index is 13.1. The fraction of sp³-hybridized carbons (Fsp3) is 0. The third-order valence-electron chi connectivity index (χ3n) is 7.96. The number of hydrogen-bond donors (Lipinski definition) is 7. The maximum Gasteiger partial charge on any atom is 0.296 e. The molecule has 0 amide bonds. The number of nitrogens with one attached hydrogen (secondary N) is 1. The number of phenols is 3. The van der Waals surface area contributed by atoms with Crippen molar-refractivity contribution in [3.05, 3.63) is 113 Å². The molecule has 0 saturated heterocycles. The predicted octanol–water partition coefficient (Wildman–Crippen LogP) is 7.23. The van der Waals surface area contributed by atoms with E-state index in [2.05, 4.69) is 35.4 Å². The Labute approximate surface area is 409 Å². The molecule has 61 heavy (non-hydrogen) atoms. The van der Waals surface area contributed by atoms with Gasteiger partial charge in [-0.3, -0.25) is 23.9 Å². The van der Waals surface area contributed by atoms with Crippen molar-refractivity contribution in [2.45, 2.75) is 14.7 Å². The smallest absolute Gasteiger partial charge is 0.296 e. The molecule has 0 heterocycles. The summed E-state index contributed by atoms with van der Waals surface area (Å²) < 4.78 is 98.1. The molecule has 0 saturated carbocycles. The van der Waals surface area contributed by atoms with Crippen molar-refractivity contribution in [2.24, 2.45) is 30.7 Å². The summed E-state index contributed by atoms with van der Waals surface area (Å²) in [6, 6.07) is 19.9. The van der Waals surface area contributed by atoms with Crippen LogP contribution in [-0.4, -0.2) is 136 Å². The van der Waals surface area contributed by atoms with Crippen molar-refractivity contribution in [3.63, 3.8) is 0 Å². The third-order valence-corrected chi connectivity index (χ3v) is 11.1. The molecule has 0 unspecified atom stereocenters. The summed E-state index contributed by atoms with van der Waals surface area (Å²) in [4.78, 5) is 8.00. The van der Waals surface area contributed by atoms with Crippen LogP contribution < -0.4 is 10.5 Å². The van der Waals surface area contributed by atoms with Crippen LogP contribution in [-0.2, 0) is 30.3 Å². The summed E-state index contributed by atoms with van der Waals surface area (Å²) in [5.74, 6) is -1.51. The number of nitrogens with zero attached hydrogens (tertiary/aromatic N) is 7. The number of azo groups is 3. The second kappa shape index (κ2) is 19.5. The quantitative estimate of drug-likeness (QED) is 0.0159. The molecule has 8 N–H and O–H groups in total. The Morgan fingerprint density at radius 1 is 0.623 bits per heavy atom. The number of anilines is 2. The number of rotatable bonds is 12. The molecule has 0 fully saturated rings. The first-order valence-electron chi connectivity index (χ1n) is 16.0. The molecule has 6 aromatic rings. The van der Waals surface area contributed by atoms with Crippen LogP contribution in [0.3, 0.4) is 0 Å². The summed E-state index contributed by atoms with van der Waals surface area (Å²) in [5, 5.41) is 63.6. The molecule has 0 aliphatic carbocycles. The molecule has 27 heteroatoms. The van der Waals surface area contributed by atoms with E-state index in [0.29, 0.717) is 17.8 Å². The molecule has 6 rings (SSSR count). The van der Waals surface area contributed by atoms with Gasteiger partial charge >= 0.3 is 0 Å². The number of hydrogen-bond acceptors (Lipinski definition) is 18. The van der Waals surface area contributed by atoms with Crippen LogP contribution >= 0.6 is 0 Å². The van der Waals surface area contributed by atoms with Crippen LogP contribution in [0.5, 0.6) is 17.2 Å². The van der Waals surface area contributed by atoms with Gasteiger partial charge in [-0.25, -0.2) is 8.42 Å². The van der Waals surface area contributed by atoms with E-state index in [-0.39, 0.29) is 126 Å². The van der Waals surface area contributed by atoms with Gasteiger partial charge in [-0.05, 0) is 90.3 Å². The Kier molecular flexibility index (Phi) is 15.6. The fourth-order valence-electron chi connectivity index (χ4n) is 5.17. The second-order valence-corrected chi connectivity index (χ2v) is 16.4. The average molecular weight is 926 g/mol. The Morgan fingerprint density at radius 2 is 1.10 bits per heavy atom. The van der Waals surface area contributed by atoms with Gasteiger partial charge in [-0.15, -0.1) is 15.3 Å². The SMILES string of the molecule is Nc1c(N=Nc2ccc([N+](=O)[O-])cc2)c(S(=O)(=O)O)cc2cc(S(=O)(=O)O)c(N=Nc3ccc(S(=O)(=O)Nc4ccc(N=Nc5ccc(O)cc5O)cc4)cc3)c(O)c12.[K].[Na]. The van der Waals surface area contributed by atoms with Crippen LogP contribution in [0.4, 0.5) is 51.2 Å². The second-order valence-electron chi connectivity index (χ2n) is 11.9. The van der Waals surface area contributed by atoms with Gasteiger partial charge in [0.05, 0.1) is 38.0 Å². The predicted molar refractivity (Wildman–Crippen MR) is 220 cm³/mol.